The summed E-state index contributed by atoms with van der Waals surface area (Å²) in [5, 5.41) is 2.76. The number of anilines is 1. The number of nitrogens with zero attached hydrogens (tertiary/aromatic N) is 1. The third kappa shape index (κ3) is 5.85. The second-order valence-corrected chi connectivity index (χ2v) is 6.17. The number of aryl methyl sites for hydroxylation is 2. The van der Waals surface area contributed by atoms with Crippen molar-refractivity contribution in [2.24, 2.45) is 0 Å². The molecule has 0 bridgehead atoms. The van der Waals surface area contributed by atoms with Crippen LogP contribution in [0.5, 0.6) is 0 Å². The Hall–Kier alpha value is -2.04. The fourth-order valence-electron chi connectivity index (χ4n) is 1.68. The highest BCUT2D eigenvalue weighted by atomic mass is 16.6. The Balaban J connectivity index is 2.58. The highest BCUT2D eigenvalue weighted by Gasteiger charge is 2.19. The van der Waals surface area contributed by atoms with Gasteiger partial charge in [0.05, 0.1) is 0 Å². The molecule has 0 saturated carbocycles. The number of benzene rings is 1. The van der Waals surface area contributed by atoms with E-state index in [4.69, 9.17) is 4.74 Å². The molecule has 0 atom stereocenters. The maximum absolute atomic E-state index is 12.0. The van der Waals surface area contributed by atoms with E-state index < -0.39 is 11.6 Å². The van der Waals surface area contributed by atoms with Crippen LogP contribution in [0.25, 0.3) is 0 Å². The Bertz CT molecular complexity index is 533. The Morgan fingerprint density at radius 3 is 2.33 bits per heavy atom. The molecule has 1 aromatic rings. The van der Waals surface area contributed by atoms with E-state index in [1.54, 1.807) is 27.8 Å². The highest BCUT2D eigenvalue weighted by Crippen LogP contribution is 2.14. The summed E-state index contributed by atoms with van der Waals surface area (Å²) >= 11 is 0. The fourth-order valence-corrected chi connectivity index (χ4v) is 1.68. The van der Waals surface area contributed by atoms with Gasteiger partial charge in [0.1, 0.15) is 12.1 Å². The minimum Gasteiger partial charge on any atom is -0.459 e. The van der Waals surface area contributed by atoms with Crippen LogP contribution < -0.4 is 5.32 Å². The van der Waals surface area contributed by atoms with E-state index in [1.165, 1.54) is 4.90 Å². The van der Waals surface area contributed by atoms with Crippen molar-refractivity contribution in [2.45, 2.75) is 40.2 Å². The Morgan fingerprint density at radius 1 is 1.19 bits per heavy atom. The van der Waals surface area contributed by atoms with Crippen molar-refractivity contribution in [3.8, 4) is 0 Å². The van der Waals surface area contributed by atoms with Crippen LogP contribution in [0.2, 0.25) is 0 Å². The van der Waals surface area contributed by atoms with Crippen LogP contribution in [0.3, 0.4) is 0 Å². The quantitative estimate of drug-likeness (QED) is 0.871. The zero-order chi connectivity index (χ0) is 16.2. The minimum absolute atomic E-state index is 0.0893. The summed E-state index contributed by atoms with van der Waals surface area (Å²) in [5.41, 5.74) is 2.42. The summed E-state index contributed by atoms with van der Waals surface area (Å²) in [5.74, 6) is -0.430. The monoisotopic (exact) mass is 292 g/mol. The van der Waals surface area contributed by atoms with Crippen molar-refractivity contribution in [3.63, 3.8) is 0 Å². The number of hydrogen-bond donors (Lipinski definition) is 1. The largest absolute Gasteiger partial charge is 0.459 e. The predicted molar refractivity (Wildman–Crippen MR) is 83.4 cm³/mol. The summed E-state index contributed by atoms with van der Waals surface area (Å²) < 4.78 is 5.18. The number of likely N-dealkylation sites (N-methyl/N-ethyl adjacent to an activating group) is 1. The number of carbonyl (C=O) groups is 2. The average Bonchev–Trinajstić information content (AvgIpc) is 2.31. The maximum Gasteiger partial charge on any atom is 0.326 e. The first-order valence-corrected chi connectivity index (χ1v) is 6.90. The average molecular weight is 292 g/mol. The third-order valence-electron chi connectivity index (χ3n) is 2.89. The van der Waals surface area contributed by atoms with Gasteiger partial charge in [-0.25, -0.2) is 4.79 Å². The number of esters is 1. The van der Waals surface area contributed by atoms with E-state index in [0.29, 0.717) is 5.69 Å². The number of carbonyl (C=O) groups excluding carboxylic acids is 2. The van der Waals surface area contributed by atoms with Gasteiger partial charge >= 0.3 is 12.0 Å². The van der Waals surface area contributed by atoms with Gasteiger partial charge in [0.2, 0.25) is 0 Å². The summed E-state index contributed by atoms with van der Waals surface area (Å²) in [7, 11) is 1.56. The zero-order valence-electron chi connectivity index (χ0n) is 13.6. The number of hydrogen-bond acceptors (Lipinski definition) is 3. The van der Waals surface area contributed by atoms with Crippen LogP contribution in [0.1, 0.15) is 31.9 Å². The van der Waals surface area contributed by atoms with Gasteiger partial charge < -0.3 is 15.0 Å². The Labute approximate surface area is 126 Å². The van der Waals surface area contributed by atoms with Crippen LogP contribution in [-0.4, -0.2) is 36.1 Å². The predicted octanol–water partition coefficient (Wildman–Crippen LogP) is 3.11. The molecule has 0 aliphatic carbocycles. The molecule has 0 radical (unpaired) electrons. The molecule has 0 heterocycles. The number of rotatable bonds is 3. The molecule has 1 rings (SSSR count). The summed E-state index contributed by atoms with van der Waals surface area (Å²) in [4.78, 5) is 25.0. The van der Waals surface area contributed by atoms with E-state index in [-0.39, 0.29) is 12.6 Å². The molecular weight excluding hydrogens is 268 g/mol. The molecule has 0 aliphatic rings. The van der Waals surface area contributed by atoms with Gasteiger partial charge in [0.25, 0.3) is 0 Å². The lowest BCUT2D eigenvalue weighted by atomic mass is 10.1. The lowest BCUT2D eigenvalue weighted by Gasteiger charge is -2.22. The standard InChI is InChI=1S/C16H24N2O3/c1-11-7-8-13(9-12(11)2)17-15(20)18(6)10-14(19)21-16(3,4)5/h7-9H,10H2,1-6H3,(H,17,20). The minimum atomic E-state index is -0.553. The molecule has 2 amide bonds. The molecule has 21 heavy (non-hydrogen) atoms. The molecule has 0 unspecified atom stereocenters. The van der Waals surface area contributed by atoms with E-state index >= 15 is 0 Å². The molecule has 0 aliphatic heterocycles. The summed E-state index contributed by atoms with van der Waals surface area (Å²) in [6.07, 6.45) is 0. The lowest BCUT2D eigenvalue weighted by molar-refractivity contribution is -0.155. The van der Waals surface area contributed by atoms with Gasteiger partial charge in [-0.3, -0.25) is 4.79 Å². The number of amides is 2. The molecule has 0 spiro atoms. The van der Waals surface area contributed by atoms with Crippen molar-refractivity contribution in [1.82, 2.24) is 4.90 Å². The van der Waals surface area contributed by atoms with Gasteiger partial charge in [-0.2, -0.15) is 0 Å². The normalized spacial score (nSPS) is 11.0. The molecule has 116 valence electrons. The van der Waals surface area contributed by atoms with Gasteiger partial charge in [-0.15, -0.1) is 0 Å². The molecule has 0 fully saturated rings. The molecule has 5 heteroatoms. The molecule has 5 nitrogen and oxygen atoms in total. The molecule has 0 aromatic heterocycles. The van der Waals surface area contributed by atoms with E-state index in [9.17, 15) is 9.59 Å². The van der Waals surface area contributed by atoms with Gasteiger partial charge in [0.15, 0.2) is 0 Å². The smallest absolute Gasteiger partial charge is 0.326 e. The number of nitrogens with one attached hydrogen (secondary N) is 1. The van der Waals surface area contributed by atoms with Crippen LogP contribution >= 0.6 is 0 Å². The second-order valence-electron chi connectivity index (χ2n) is 6.17. The second kappa shape index (κ2) is 6.61. The van der Waals surface area contributed by atoms with Crippen molar-refractivity contribution >= 4 is 17.7 Å². The third-order valence-corrected chi connectivity index (χ3v) is 2.89. The first kappa shape index (κ1) is 17.0. The highest BCUT2D eigenvalue weighted by molar-refractivity contribution is 5.91. The van der Waals surface area contributed by atoms with Gasteiger partial charge in [0, 0.05) is 12.7 Å². The molecule has 1 aromatic carbocycles. The van der Waals surface area contributed by atoms with Crippen LogP contribution in [0, 0.1) is 13.8 Å². The fraction of sp³-hybridized carbons (Fsp3) is 0.500. The van der Waals surface area contributed by atoms with Crippen LogP contribution in [0.4, 0.5) is 10.5 Å². The van der Waals surface area contributed by atoms with Crippen molar-refractivity contribution in [3.05, 3.63) is 29.3 Å². The van der Waals surface area contributed by atoms with Gasteiger partial charge in [-0.1, -0.05) is 6.07 Å². The molecule has 0 saturated heterocycles. The Morgan fingerprint density at radius 2 is 1.81 bits per heavy atom. The number of urea groups is 1. The van der Waals surface area contributed by atoms with Crippen molar-refractivity contribution in [1.29, 1.82) is 0 Å². The van der Waals surface area contributed by atoms with E-state index in [1.807, 2.05) is 32.0 Å². The van der Waals surface area contributed by atoms with Crippen molar-refractivity contribution in [2.75, 3.05) is 18.9 Å². The van der Waals surface area contributed by atoms with Crippen LogP contribution in [0.15, 0.2) is 18.2 Å². The van der Waals surface area contributed by atoms with E-state index in [2.05, 4.69) is 5.32 Å². The first-order valence-electron chi connectivity index (χ1n) is 6.90. The topological polar surface area (TPSA) is 58.6 Å². The zero-order valence-corrected chi connectivity index (χ0v) is 13.6. The lowest BCUT2D eigenvalue weighted by Crippen LogP contribution is -2.38. The summed E-state index contributed by atoms with van der Waals surface area (Å²) in [6, 6.07) is 5.33. The SMILES string of the molecule is Cc1ccc(NC(=O)N(C)CC(=O)OC(C)(C)C)cc1C. The first-order chi connectivity index (χ1) is 9.58. The Kier molecular flexibility index (Phi) is 5.35. The van der Waals surface area contributed by atoms with Gasteiger partial charge in [-0.05, 0) is 57.9 Å². The molecule has 1 N–H and O–H groups in total. The van der Waals surface area contributed by atoms with Crippen LogP contribution in [-0.2, 0) is 9.53 Å². The molecular formula is C16H24N2O3. The number of ether oxygens (including phenoxy) is 1. The summed E-state index contributed by atoms with van der Waals surface area (Å²) in [6.45, 7) is 9.28. The van der Waals surface area contributed by atoms with E-state index in [0.717, 1.165) is 11.1 Å². The van der Waals surface area contributed by atoms with Crippen molar-refractivity contribution < 1.29 is 14.3 Å². The maximum atomic E-state index is 12.0.